The lowest BCUT2D eigenvalue weighted by Crippen LogP contribution is -2.55. The number of nitrogens with zero attached hydrogens (tertiary/aromatic N) is 2. The van der Waals surface area contributed by atoms with Crippen LogP contribution in [0.4, 0.5) is 13.2 Å². The van der Waals surface area contributed by atoms with Crippen LogP contribution in [0.15, 0.2) is 54.3 Å². The Morgan fingerprint density at radius 2 is 1.88 bits per heavy atom. The molecule has 1 amide bonds. The molecule has 3 N–H and O–H groups in total. The van der Waals surface area contributed by atoms with Crippen LogP contribution in [-0.2, 0) is 22.2 Å². The van der Waals surface area contributed by atoms with Gasteiger partial charge in [0.1, 0.15) is 5.54 Å². The zero-order valence-corrected chi connectivity index (χ0v) is 18.1. The molecule has 3 atom stereocenters. The number of amides is 1. The molecule has 1 saturated heterocycles. The predicted molar refractivity (Wildman–Crippen MR) is 113 cm³/mol. The topological polar surface area (TPSA) is 124 Å². The van der Waals surface area contributed by atoms with Gasteiger partial charge in [0, 0.05) is 28.8 Å². The number of aromatic nitrogens is 2. The zero-order valence-electron chi connectivity index (χ0n) is 17.3. The van der Waals surface area contributed by atoms with Crippen LogP contribution in [0.25, 0.3) is 0 Å². The summed E-state index contributed by atoms with van der Waals surface area (Å²) in [5.41, 5.74) is -2.77. The van der Waals surface area contributed by atoms with E-state index in [2.05, 4.69) is 9.97 Å². The zero-order chi connectivity index (χ0) is 24.7. The number of rotatable bonds is 6. The van der Waals surface area contributed by atoms with E-state index in [4.69, 9.17) is 0 Å². The highest BCUT2D eigenvalue weighted by Gasteiger charge is 2.61. The molecular weight excluding hydrogens is 475 g/mol. The van der Waals surface area contributed by atoms with Gasteiger partial charge in [-0.3, -0.25) is 9.59 Å². The number of likely N-dealkylation sites (tertiary alicyclic amines) is 1. The monoisotopic (exact) mass is 493 g/mol. The Bertz CT molecular complexity index is 1200. The number of thiophene rings is 1. The van der Waals surface area contributed by atoms with E-state index >= 15 is 0 Å². The molecule has 0 saturated carbocycles. The average Bonchev–Trinajstić information content (AvgIpc) is 3.53. The minimum absolute atomic E-state index is 0.184. The first-order valence-corrected chi connectivity index (χ1v) is 10.9. The van der Waals surface area contributed by atoms with Gasteiger partial charge in [-0.1, -0.05) is 6.07 Å². The number of H-pyrrole nitrogens is 1. The van der Waals surface area contributed by atoms with E-state index in [1.54, 1.807) is 17.5 Å². The number of halogens is 3. The Labute approximate surface area is 194 Å². The van der Waals surface area contributed by atoms with Gasteiger partial charge in [0.2, 0.25) is 0 Å². The summed E-state index contributed by atoms with van der Waals surface area (Å²) < 4.78 is 39.0. The maximum absolute atomic E-state index is 13.7. The van der Waals surface area contributed by atoms with Crippen molar-refractivity contribution in [3.8, 4) is 0 Å². The molecule has 0 spiro atoms. The lowest BCUT2D eigenvalue weighted by molar-refractivity contribution is -0.149. The summed E-state index contributed by atoms with van der Waals surface area (Å²) in [7, 11) is 0. The van der Waals surface area contributed by atoms with Crippen LogP contribution >= 0.6 is 11.3 Å². The predicted octanol–water partition coefficient (Wildman–Crippen LogP) is 3.84. The van der Waals surface area contributed by atoms with Crippen LogP contribution in [0.3, 0.4) is 0 Å². The SMILES string of the molecule is O=C(O)C1CC(Cc2cnc[nH]2)(C(=O)O)N(C(=O)c2ccc(C(F)(F)F)cc2)C1c1cccs1. The number of carboxylic acids is 2. The molecule has 1 aromatic carbocycles. The van der Waals surface area contributed by atoms with Crippen LogP contribution in [0.5, 0.6) is 0 Å². The lowest BCUT2D eigenvalue weighted by atomic mass is 9.86. The maximum Gasteiger partial charge on any atom is 0.416 e. The largest absolute Gasteiger partial charge is 0.481 e. The Morgan fingerprint density at radius 1 is 1.18 bits per heavy atom. The van der Waals surface area contributed by atoms with Crippen molar-refractivity contribution in [1.82, 2.24) is 14.9 Å². The Kier molecular flexibility index (Phi) is 5.94. The number of hydrogen-bond donors (Lipinski definition) is 3. The van der Waals surface area contributed by atoms with Gasteiger partial charge in [-0.15, -0.1) is 11.3 Å². The number of aliphatic carboxylic acids is 2. The van der Waals surface area contributed by atoms with Gasteiger partial charge in [-0.2, -0.15) is 13.2 Å². The van der Waals surface area contributed by atoms with Gasteiger partial charge in [-0.05, 0) is 42.1 Å². The summed E-state index contributed by atoms with van der Waals surface area (Å²) in [6, 6.07) is 5.51. The molecule has 1 aliphatic heterocycles. The highest BCUT2D eigenvalue weighted by atomic mass is 32.1. The van der Waals surface area contributed by atoms with E-state index in [-0.39, 0.29) is 12.0 Å². The smallest absolute Gasteiger partial charge is 0.416 e. The van der Waals surface area contributed by atoms with E-state index < -0.39 is 53.5 Å². The number of carbonyl (C=O) groups is 3. The van der Waals surface area contributed by atoms with Crippen molar-refractivity contribution in [2.45, 2.75) is 30.6 Å². The third-order valence-electron chi connectivity index (χ3n) is 5.94. The second kappa shape index (κ2) is 8.60. The summed E-state index contributed by atoms with van der Waals surface area (Å²) in [5.74, 6) is -4.84. The minimum Gasteiger partial charge on any atom is -0.481 e. The average molecular weight is 493 g/mol. The molecule has 1 fully saturated rings. The maximum atomic E-state index is 13.7. The molecule has 178 valence electrons. The molecule has 4 rings (SSSR count). The van der Waals surface area contributed by atoms with Crippen LogP contribution in [0.2, 0.25) is 0 Å². The molecule has 0 bridgehead atoms. The fraction of sp³-hybridized carbons (Fsp3) is 0.273. The second-order valence-electron chi connectivity index (χ2n) is 7.95. The molecule has 3 aromatic rings. The number of nitrogens with one attached hydrogen (secondary N) is 1. The fourth-order valence-corrected chi connectivity index (χ4v) is 5.29. The van der Waals surface area contributed by atoms with Crippen molar-refractivity contribution in [3.63, 3.8) is 0 Å². The third-order valence-corrected chi connectivity index (χ3v) is 6.89. The normalized spacial score (nSPS) is 22.6. The van der Waals surface area contributed by atoms with Crippen LogP contribution in [-0.4, -0.2) is 48.5 Å². The number of carbonyl (C=O) groups excluding carboxylic acids is 1. The van der Waals surface area contributed by atoms with Crippen molar-refractivity contribution in [1.29, 1.82) is 0 Å². The minimum atomic E-state index is -4.62. The number of benzene rings is 1. The summed E-state index contributed by atoms with van der Waals surface area (Å²) in [6.07, 6.45) is -2.58. The highest BCUT2D eigenvalue weighted by Crippen LogP contribution is 2.50. The first-order valence-electron chi connectivity index (χ1n) is 10.0. The number of hydrogen-bond acceptors (Lipinski definition) is 5. The molecule has 12 heteroatoms. The first-order chi connectivity index (χ1) is 16.0. The summed E-state index contributed by atoms with van der Waals surface area (Å²) >= 11 is 1.16. The number of aromatic amines is 1. The van der Waals surface area contributed by atoms with Crippen molar-refractivity contribution in [2.75, 3.05) is 0 Å². The molecule has 1 aliphatic rings. The molecule has 3 heterocycles. The number of carboxylic acid groups (broad SMARTS) is 2. The Morgan fingerprint density at radius 3 is 2.38 bits per heavy atom. The second-order valence-corrected chi connectivity index (χ2v) is 8.93. The van der Waals surface area contributed by atoms with Gasteiger partial charge in [0.15, 0.2) is 0 Å². The van der Waals surface area contributed by atoms with Gasteiger partial charge in [0.05, 0.1) is 23.9 Å². The van der Waals surface area contributed by atoms with E-state index in [1.165, 1.54) is 12.5 Å². The van der Waals surface area contributed by atoms with Gasteiger partial charge in [0.25, 0.3) is 5.91 Å². The molecule has 3 unspecified atom stereocenters. The van der Waals surface area contributed by atoms with Gasteiger partial charge in [-0.25, -0.2) is 9.78 Å². The number of alkyl halides is 3. The number of imidazole rings is 1. The van der Waals surface area contributed by atoms with Crippen LogP contribution in [0, 0.1) is 5.92 Å². The van der Waals surface area contributed by atoms with E-state index in [0.717, 1.165) is 40.5 Å². The van der Waals surface area contributed by atoms with Crippen molar-refractivity contribution in [2.24, 2.45) is 5.92 Å². The summed E-state index contributed by atoms with van der Waals surface area (Å²) in [4.78, 5) is 46.7. The molecular formula is C22H18F3N3O5S. The third kappa shape index (κ3) is 4.04. The first kappa shape index (κ1) is 23.5. The van der Waals surface area contributed by atoms with Gasteiger partial charge >= 0.3 is 18.1 Å². The quantitative estimate of drug-likeness (QED) is 0.479. The highest BCUT2D eigenvalue weighted by molar-refractivity contribution is 7.10. The Balaban J connectivity index is 1.87. The summed E-state index contributed by atoms with van der Waals surface area (Å²) in [5, 5.41) is 21.9. The molecule has 0 aliphatic carbocycles. The molecule has 8 nitrogen and oxygen atoms in total. The lowest BCUT2D eigenvalue weighted by Gasteiger charge is -2.37. The van der Waals surface area contributed by atoms with Crippen molar-refractivity contribution in [3.05, 3.63) is 76.0 Å². The van der Waals surface area contributed by atoms with Crippen molar-refractivity contribution < 1.29 is 37.8 Å². The standard InChI is InChI=1S/C22H18F3N3O5S/c23-22(24,25)13-5-3-12(4-6-13)18(29)28-17(16-2-1-7-34-16)15(19(30)31)9-21(28,20(32)33)8-14-10-26-11-27-14/h1-7,10-11,15,17H,8-9H2,(H,26,27)(H,30,31)(H,32,33). The van der Waals surface area contributed by atoms with E-state index in [9.17, 15) is 37.8 Å². The van der Waals surface area contributed by atoms with Crippen LogP contribution in [0.1, 0.15) is 39.0 Å². The van der Waals surface area contributed by atoms with Crippen LogP contribution < -0.4 is 0 Å². The molecule has 2 aromatic heterocycles. The van der Waals surface area contributed by atoms with Crippen molar-refractivity contribution >= 4 is 29.2 Å². The molecule has 34 heavy (non-hydrogen) atoms. The van der Waals surface area contributed by atoms with Gasteiger partial charge < -0.3 is 20.1 Å². The fourth-order valence-electron chi connectivity index (χ4n) is 4.41. The summed E-state index contributed by atoms with van der Waals surface area (Å²) in [6.45, 7) is 0. The Hall–Kier alpha value is -3.67. The van der Waals surface area contributed by atoms with E-state index in [0.29, 0.717) is 10.6 Å². The van der Waals surface area contributed by atoms with E-state index in [1.807, 2.05) is 0 Å². The molecule has 0 radical (unpaired) electrons.